The maximum atomic E-state index is 8.85. The second kappa shape index (κ2) is 5.71. The van der Waals surface area contributed by atoms with Crippen LogP contribution in [0, 0.1) is 0 Å². The summed E-state index contributed by atoms with van der Waals surface area (Å²) in [4.78, 5) is 2.90. The Morgan fingerprint density at radius 2 is 2.18 bits per heavy atom. The molecule has 0 fully saturated rings. The van der Waals surface area contributed by atoms with E-state index in [1.165, 1.54) is 24.0 Å². The third-order valence-electron chi connectivity index (χ3n) is 3.33. The number of hydrogen-bond donors (Lipinski definition) is 1. The van der Waals surface area contributed by atoms with Gasteiger partial charge in [-0.2, -0.15) is 0 Å². The molecule has 0 bridgehead atoms. The van der Waals surface area contributed by atoms with Crippen molar-refractivity contribution in [2.45, 2.75) is 38.1 Å². The molecule has 0 amide bonds. The average molecular weight is 231 g/mol. The lowest BCUT2D eigenvalue weighted by Crippen LogP contribution is -1.98. The van der Waals surface area contributed by atoms with Crippen molar-refractivity contribution in [1.29, 1.82) is 0 Å². The first kappa shape index (κ1) is 12.0. The molecule has 1 atom stereocenters. The predicted octanol–water partition coefficient (Wildman–Crippen LogP) is 3.30. The molecule has 90 valence electrons. The molecule has 2 rings (SSSR count). The Labute approximate surface area is 101 Å². The van der Waals surface area contributed by atoms with Crippen LogP contribution < -0.4 is 0 Å². The number of aryl methyl sites for hydroxylation is 2. The first-order valence-electron chi connectivity index (χ1n) is 6.12. The van der Waals surface area contributed by atoms with E-state index in [-0.39, 0.29) is 12.6 Å². The van der Waals surface area contributed by atoms with Crippen LogP contribution in [0.3, 0.4) is 0 Å². The maximum absolute atomic E-state index is 8.85. The quantitative estimate of drug-likeness (QED) is 0.471. The van der Waals surface area contributed by atoms with Crippen LogP contribution in [0.5, 0.6) is 0 Å². The van der Waals surface area contributed by atoms with Gasteiger partial charge in [-0.3, -0.25) is 0 Å². The van der Waals surface area contributed by atoms with Gasteiger partial charge in [0, 0.05) is 11.5 Å². The zero-order chi connectivity index (χ0) is 12.1. The van der Waals surface area contributed by atoms with Gasteiger partial charge < -0.3 is 5.11 Å². The first-order chi connectivity index (χ1) is 8.35. The normalized spacial score (nSPS) is 15.1. The highest BCUT2D eigenvalue weighted by molar-refractivity contribution is 5.36. The highest BCUT2D eigenvalue weighted by Crippen LogP contribution is 2.29. The number of aliphatic hydroxyl groups is 1. The van der Waals surface area contributed by atoms with Gasteiger partial charge in [-0.25, -0.2) is 0 Å². The minimum Gasteiger partial charge on any atom is -0.396 e. The highest BCUT2D eigenvalue weighted by Gasteiger charge is 2.14. The largest absolute Gasteiger partial charge is 0.396 e. The van der Waals surface area contributed by atoms with E-state index < -0.39 is 0 Å². The molecular weight excluding hydrogens is 214 g/mol. The molecule has 0 heterocycles. The lowest BCUT2D eigenvalue weighted by molar-refractivity contribution is 0.280. The van der Waals surface area contributed by atoms with Gasteiger partial charge in [0.25, 0.3) is 0 Å². The molecule has 4 heteroatoms. The minimum absolute atomic E-state index is 0.141. The van der Waals surface area contributed by atoms with Crippen molar-refractivity contribution in [2.24, 2.45) is 5.11 Å². The summed E-state index contributed by atoms with van der Waals surface area (Å²) in [5, 5.41) is 12.7. The van der Waals surface area contributed by atoms with Crippen LogP contribution in [0.4, 0.5) is 0 Å². The number of nitrogens with zero attached hydrogens (tertiary/aromatic N) is 3. The fraction of sp³-hybridized carbons (Fsp3) is 0.538. The van der Waals surface area contributed by atoms with Crippen molar-refractivity contribution in [1.82, 2.24) is 0 Å². The van der Waals surface area contributed by atoms with E-state index in [2.05, 4.69) is 28.2 Å². The van der Waals surface area contributed by atoms with Gasteiger partial charge in [0.05, 0.1) is 6.04 Å². The number of benzene rings is 1. The molecule has 1 aromatic rings. The summed E-state index contributed by atoms with van der Waals surface area (Å²) >= 11 is 0. The standard InChI is InChI=1S/C13H17N3O/c14-16-15-13(5-2-8-17)12-7-6-10-3-1-4-11(10)9-12/h6-7,9,13,17H,1-5,8H2. The van der Waals surface area contributed by atoms with Crippen molar-refractivity contribution in [3.05, 3.63) is 45.3 Å². The summed E-state index contributed by atoms with van der Waals surface area (Å²) in [6.45, 7) is 0.141. The van der Waals surface area contributed by atoms with Gasteiger partial charge >= 0.3 is 0 Å². The lowest BCUT2D eigenvalue weighted by Gasteiger charge is -2.12. The third-order valence-corrected chi connectivity index (χ3v) is 3.33. The van der Waals surface area contributed by atoms with E-state index in [9.17, 15) is 0 Å². The maximum Gasteiger partial charge on any atom is 0.0626 e. The molecule has 1 N–H and O–H groups in total. The molecule has 0 saturated carbocycles. The van der Waals surface area contributed by atoms with E-state index in [1.54, 1.807) is 0 Å². The van der Waals surface area contributed by atoms with Crippen LogP contribution in [-0.4, -0.2) is 11.7 Å². The fourth-order valence-electron chi connectivity index (χ4n) is 2.44. The van der Waals surface area contributed by atoms with Gasteiger partial charge in [-0.1, -0.05) is 23.3 Å². The smallest absolute Gasteiger partial charge is 0.0626 e. The molecule has 0 aliphatic heterocycles. The third kappa shape index (κ3) is 2.78. The Morgan fingerprint density at radius 1 is 1.35 bits per heavy atom. The summed E-state index contributed by atoms with van der Waals surface area (Å²) in [6, 6.07) is 6.23. The van der Waals surface area contributed by atoms with Crippen LogP contribution >= 0.6 is 0 Å². The number of rotatable bonds is 5. The lowest BCUT2D eigenvalue weighted by atomic mass is 9.99. The van der Waals surface area contributed by atoms with Crippen LogP contribution in [0.1, 0.15) is 42.0 Å². The average Bonchev–Trinajstić information content (AvgIpc) is 2.81. The van der Waals surface area contributed by atoms with Gasteiger partial charge in [-0.05, 0) is 54.3 Å². The van der Waals surface area contributed by atoms with Crippen LogP contribution in [-0.2, 0) is 12.8 Å². The molecule has 1 aromatic carbocycles. The van der Waals surface area contributed by atoms with E-state index in [4.69, 9.17) is 10.6 Å². The van der Waals surface area contributed by atoms with E-state index in [0.29, 0.717) is 12.8 Å². The second-order valence-electron chi connectivity index (χ2n) is 4.47. The number of azide groups is 1. The SMILES string of the molecule is [N-]=[N+]=NC(CCCO)c1ccc2c(c1)CCC2. The summed E-state index contributed by atoms with van der Waals surface area (Å²) < 4.78 is 0. The molecular formula is C13H17N3O. The Kier molecular flexibility index (Phi) is 4.02. The Morgan fingerprint density at radius 3 is 2.94 bits per heavy atom. The Bertz CT molecular complexity index is 438. The highest BCUT2D eigenvalue weighted by atomic mass is 16.2. The topological polar surface area (TPSA) is 69.0 Å². The molecule has 4 nitrogen and oxygen atoms in total. The van der Waals surface area contributed by atoms with E-state index in [1.807, 2.05) is 0 Å². The van der Waals surface area contributed by atoms with Gasteiger partial charge in [0.15, 0.2) is 0 Å². The second-order valence-corrected chi connectivity index (χ2v) is 4.47. The van der Waals surface area contributed by atoms with Gasteiger partial charge in [0.1, 0.15) is 0 Å². The van der Waals surface area contributed by atoms with Crippen molar-refractivity contribution in [2.75, 3.05) is 6.61 Å². The molecule has 17 heavy (non-hydrogen) atoms. The zero-order valence-electron chi connectivity index (χ0n) is 9.84. The predicted molar refractivity (Wildman–Crippen MR) is 66.7 cm³/mol. The molecule has 0 saturated heterocycles. The monoisotopic (exact) mass is 231 g/mol. The molecule has 1 unspecified atom stereocenters. The Hall–Kier alpha value is -1.51. The fourth-order valence-corrected chi connectivity index (χ4v) is 2.44. The Balaban J connectivity index is 2.20. The summed E-state index contributed by atoms with van der Waals surface area (Å²) in [7, 11) is 0. The van der Waals surface area contributed by atoms with Crippen LogP contribution in [0.15, 0.2) is 23.3 Å². The van der Waals surface area contributed by atoms with Crippen molar-refractivity contribution >= 4 is 0 Å². The van der Waals surface area contributed by atoms with Crippen LogP contribution in [0.2, 0.25) is 0 Å². The first-order valence-corrected chi connectivity index (χ1v) is 6.12. The molecule has 1 aliphatic rings. The summed E-state index contributed by atoms with van der Waals surface area (Å²) in [5.41, 5.74) is 12.5. The van der Waals surface area contributed by atoms with E-state index >= 15 is 0 Å². The summed E-state index contributed by atoms with van der Waals surface area (Å²) in [6.07, 6.45) is 4.90. The van der Waals surface area contributed by atoms with E-state index in [0.717, 1.165) is 12.0 Å². The molecule has 0 spiro atoms. The minimum atomic E-state index is -0.141. The van der Waals surface area contributed by atoms with Crippen molar-refractivity contribution in [3.8, 4) is 0 Å². The van der Waals surface area contributed by atoms with Crippen LogP contribution in [0.25, 0.3) is 10.4 Å². The molecule has 0 aromatic heterocycles. The van der Waals surface area contributed by atoms with Crippen molar-refractivity contribution < 1.29 is 5.11 Å². The van der Waals surface area contributed by atoms with Crippen molar-refractivity contribution in [3.63, 3.8) is 0 Å². The molecule has 1 aliphatic carbocycles. The summed E-state index contributed by atoms with van der Waals surface area (Å²) in [5.74, 6) is 0. The number of fused-ring (bicyclic) bond motifs is 1. The zero-order valence-corrected chi connectivity index (χ0v) is 9.84. The number of aliphatic hydroxyl groups excluding tert-OH is 1. The van der Waals surface area contributed by atoms with Gasteiger partial charge in [0.2, 0.25) is 0 Å². The van der Waals surface area contributed by atoms with Gasteiger partial charge in [-0.15, -0.1) is 0 Å². The number of hydrogen-bond acceptors (Lipinski definition) is 2. The molecule has 0 radical (unpaired) electrons.